The zero-order valence-corrected chi connectivity index (χ0v) is 18.1. The zero-order valence-electron chi connectivity index (χ0n) is 18.1. The molecule has 1 saturated carbocycles. The minimum Gasteiger partial charge on any atom is -0.391 e. The largest absolute Gasteiger partial charge is 0.391 e. The quantitative estimate of drug-likeness (QED) is 0.556. The molecule has 0 aromatic heterocycles. The van der Waals surface area contributed by atoms with Gasteiger partial charge in [0.05, 0.1) is 44.2 Å². The van der Waals surface area contributed by atoms with Crippen LogP contribution in [-0.4, -0.2) is 49.2 Å². The Kier molecular flexibility index (Phi) is 9.30. The lowest BCUT2D eigenvalue weighted by Crippen LogP contribution is -2.46. The molecule has 2 aromatic rings. The molecule has 164 valence electrons. The first-order chi connectivity index (χ1) is 14.7. The summed E-state index contributed by atoms with van der Waals surface area (Å²) < 4.78 is 18.7. The first kappa shape index (κ1) is 22.9. The van der Waals surface area contributed by atoms with Crippen LogP contribution in [0.1, 0.15) is 37.3 Å². The number of benzene rings is 2. The molecule has 1 aliphatic carbocycles. The molecule has 5 atom stereocenters. The molecule has 0 radical (unpaired) electrons. The van der Waals surface area contributed by atoms with Crippen LogP contribution in [0.4, 0.5) is 0 Å². The second-order valence-electron chi connectivity index (χ2n) is 7.96. The Morgan fingerprint density at radius 1 is 0.900 bits per heavy atom. The topological polar surface area (TPSA) is 60.0 Å². The van der Waals surface area contributed by atoms with Gasteiger partial charge in [-0.25, -0.2) is 0 Å². The number of ether oxygens (including phenoxy) is 3. The third kappa shape index (κ3) is 6.62. The average Bonchev–Trinajstić information content (AvgIpc) is 3.13. The smallest absolute Gasteiger partial charge is 0.102 e. The molecule has 1 aliphatic rings. The van der Waals surface area contributed by atoms with Gasteiger partial charge in [0.15, 0.2) is 0 Å². The minimum absolute atomic E-state index is 0.00307. The van der Waals surface area contributed by atoms with Crippen LogP contribution in [0.5, 0.6) is 0 Å². The van der Waals surface area contributed by atoms with E-state index >= 15 is 0 Å². The Labute approximate surface area is 180 Å². The van der Waals surface area contributed by atoms with Crippen LogP contribution < -0.4 is 5.32 Å². The molecule has 30 heavy (non-hydrogen) atoms. The van der Waals surface area contributed by atoms with Gasteiger partial charge >= 0.3 is 0 Å². The summed E-state index contributed by atoms with van der Waals surface area (Å²) in [6, 6.07) is 20.4. The summed E-state index contributed by atoms with van der Waals surface area (Å²) in [5.74, 6) is 0. The van der Waals surface area contributed by atoms with Crippen molar-refractivity contribution in [2.24, 2.45) is 0 Å². The van der Waals surface area contributed by atoms with Gasteiger partial charge in [0.1, 0.15) is 6.10 Å². The number of nitrogens with one attached hydrogen (secondary N) is 1. The summed E-state index contributed by atoms with van der Waals surface area (Å²) in [7, 11) is 1.93. The van der Waals surface area contributed by atoms with Crippen molar-refractivity contribution in [2.45, 2.75) is 69.9 Å². The van der Waals surface area contributed by atoms with Gasteiger partial charge in [-0.3, -0.25) is 0 Å². The molecule has 2 N–H and O–H groups in total. The molecule has 2 aromatic carbocycles. The van der Waals surface area contributed by atoms with E-state index in [0.717, 1.165) is 30.4 Å². The summed E-state index contributed by atoms with van der Waals surface area (Å²) in [5, 5.41) is 13.5. The minimum atomic E-state index is -0.452. The molecular weight excluding hydrogens is 378 g/mol. The SMILES string of the molecule is CCCC(O)CO[C@@H]1[C@@H](NC)[C@H](OCc2ccccc2)C[C@@H]1OCc1ccccc1. The first-order valence-electron chi connectivity index (χ1n) is 11.0. The van der Waals surface area contributed by atoms with Crippen LogP contribution in [-0.2, 0) is 27.4 Å². The molecule has 5 nitrogen and oxygen atoms in total. The van der Waals surface area contributed by atoms with Gasteiger partial charge in [-0.1, -0.05) is 74.0 Å². The van der Waals surface area contributed by atoms with Gasteiger partial charge in [-0.2, -0.15) is 0 Å². The highest BCUT2D eigenvalue weighted by Crippen LogP contribution is 2.30. The van der Waals surface area contributed by atoms with Gasteiger partial charge in [-0.05, 0) is 24.6 Å². The Hall–Kier alpha value is -1.76. The maximum Gasteiger partial charge on any atom is 0.102 e. The van der Waals surface area contributed by atoms with Gasteiger partial charge in [0.25, 0.3) is 0 Å². The number of aliphatic hydroxyl groups is 1. The fraction of sp³-hybridized carbons (Fsp3) is 0.520. The molecule has 1 fully saturated rings. The van der Waals surface area contributed by atoms with E-state index in [-0.39, 0.29) is 24.4 Å². The Morgan fingerprint density at radius 3 is 2.00 bits per heavy atom. The van der Waals surface area contributed by atoms with E-state index < -0.39 is 6.10 Å². The van der Waals surface area contributed by atoms with Crippen LogP contribution in [0.3, 0.4) is 0 Å². The number of rotatable bonds is 12. The Bertz CT molecular complexity index is 712. The second kappa shape index (κ2) is 12.2. The fourth-order valence-corrected chi connectivity index (χ4v) is 4.04. The summed E-state index contributed by atoms with van der Waals surface area (Å²) in [4.78, 5) is 0. The lowest BCUT2D eigenvalue weighted by molar-refractivity contribution is -0.0910. The highest BCUT2D eigenvalue weighted by molar-refractivity contribution is 5.14. The highest BCUT2D eigenvalue weighted by Gasteiger charge is 2.45. The van der Waals surface area contributed by atoms with Gasteiger partial charge < -0.3 is 24.6 Å². The predicted octanol–water partition coefficient (Wildman–Crippen LogP) is 3.70. The van der Waals surface area contributed by atoms with E-state index in [1.165, 1.54) is 0 Å². The number of likely N-dealkylation sites (N-methyl/N-ethyl adjacent to an activating group) is 1. The van der Waals surface area contributed by atoms with E-state index in [1.54, 1.807) is 0 Å². The van der Waals surface area contributed by atoms with Crippen molar-refractivity contribution in [1.82, 2.24) is 5.32 Å². The number of hydrogen-bond donors (Lipinski definition) is 2. The van der Waals surface area contributed by atoms with Crippen molar-refractivity contribution in [3.63, 3.8) is 0 Å². The molecule has 1 unspecified atom stereocenters. The lowest BCUT2D eigenvalue weighted by Gasteiger charge is -2.27. The van der Waals surface area contributed by atoms with Crippen molar-refractivity contribution in [1.29, 1.82) is 0 Å². The van der Waals surface area contributed by atoms with Crippen molar-refractivity contribution >= 4 is 0 Å². The summed E-state index contributed by atoms with van der Waals surface area (Å²) in [5.41, 5.74) is 2.29. The van der Waals surface area contributed by atoms with Gasteiger partial charge in [0, 0.05) is 6.42 Å². The van der Waals surface area contributed by atoms with Crippen molar-refractivity contribution in [3.05, 3.63) is 71.8 Å². The van der Waals surface area contributed by atoms with Crippen LogP contribution in [0.15, 0.2) is 60.7 Å². The van der Waals surface area contributed by atoms with Crippen LogP contribution >= 0.6 is 0 Å². The molecule has 0 aliphatic heterocycles. The third-order valence-electron chi connectivity index (χ3n) is 5.64. The molecule has 0 bridgehead atoms. The van der Waals surface area contributed by atoms with E-state index in [4.69, 9.17) is 14.2 Å². The summed E-state index contributed by atoms with van der Waals surface area (Å²) >= 11 is 0. The zero-order chi connectivity index (χ0) is 21.2. The van der Waals surface area contributed by atoms with E-state index in [0.29, 0.717) is 19.8 Å². The maximum atomic E-state index is 10.2. The standard InChI is InChI=1S/C25H35NO4/c1-3-10-21(27)18-30-25-23(29-17-20-13-8-5-9-14-20)15-22(24(25)26-2)28-16-19-11-6-4-7-12-19/h4-9,11-14,21-27H,3,10,15-18H2,1-2H3/t21?,22-,23+,24+,25+/m1/s1. The van der Waals surface area contributed by atoms with Crippen LogP contribution in [0, 0.1) is 0 Å². The van der Waals surface area contributed by atoms with Crippen molar-refractivity contribution < 1.29 is 19.3 Å². The predicted molar refractivity (Wildman–Crippen MR) is 118 cm³/mol. The highest BCUT2D eigenvalue weighted by atomic mass is 16.6. The van der Waals surface area contributed by atoms with Crippen molar-refractivity contribution in [3.8, 4) is 0 Å². The molecule has 0 spiro atoms. The van der Waals surface area contributed by atoms with Crippen molar-refractivity contribution in [2.75, 3.05) is 13.7 Å². The Morgan fingerprint density at radius 2 is 1.47 bits per heavy atom. The third-order valence-corrected chi connectivity index (χ3v) is 5.64. The molecule has 5 heteroatoms. The number of hydrogen-bond acceptors (Lipinski definition) is 5. The maximum absolute atomic E-state index is 10.2. The fourth-order valence-electron chi connectivity index (χ4n) is 4.04. The summed E-state index contributed by atoms with van der Waals surface area (Å²) in [6.45, 7) is 3.46. The Balaban J connectivity index is 1.64. The average molecular weight is 414 g/mol. The van der Waals surface area contributed by atoms with E-state index in [9.17, 15) is 5.11 Å². The molecule has 0 heterocycles. The second-order valence-corrected chi connectivity index (χ2v) is 7.96. The van der Waals surface area contributed by atoms with Gasteiger partial charge in [0.2, 0.25) is 0 Å². The monoisotopic (exact) mass is 413 g/mol. The van der Waals surface area contributed by atoms with Gasteiger partial charge in [-0.15, -0.1) is 0 Å². The first-order valence-corrected chi connectivity index (χ1v) is 11.0. The van der Waals surface area contributed by atoms with Crippen LogP contribution in [0.25, 0.3) is 0 Å². The lowest BCUT2D eigenvalue weighted by atomic mass is 10.1. The van der Waals surface area contributed by atoms with E-state index in [2.05, 4.69) is 36.5 Å². The molecule has 0 amide bonds. The molecular formula is C25H35NO4. The normalized spacial score (nSPS) is 24.8. The molecule has 3 rings (SSSR count). The summed E-state index contributed by atoms with van der Waals surface area (Å²) in [6.07, 6.45) is 1.67. The number of aliphatic hydroxyl groups excluding tert-OH is 1. The molecule has 0 saturated heterocycles. The van der Waals surface area contributed by atoms with Crippen LogP contribution in [0.2, 0.25) is 0 Å². The van der Waals surface area contributed by atoms with E-state index in [1.807, 2.05) is 43.4 Å².